The average molecular weight is 476 g/mol. The smallest absolute Gasteiger partial charge is 0.338 e. The van der Waals surface area contributed by atoms with Gasteiger partial charge in [0.2, 0.25) is 5.91 Å². The van der Waals surface area contributed by atoms with Gasteiger partial charge in [0.25, 0.3) is 5.69 Å². The van der Waals surface area contributed by atoms with Gasteiger partial charge < -0.3 is 15.4 Å². The molecule has 0 unspecified atom stereocenters. The van der Waals surface area contributed by atoms with E-state index in [1.54, 1.807) is 24.3 Å². The van der Waals surface area contributed by atoms with E-state index in [0.717, 1.165) is 17.2 Å². The Morgan fingerprint density at radius 1 is 0.914 bits per heavy atom. The Hall–Kier alpha value is -4.53. The predicted octanol–water partition coefficient (Wildman–Crippen LogP) is 3.93. The number of ether oxygens (including phenoxy) is 1. The van der Waals surface area contributed by atoms with Gasteiger partial charge in [-0.2, -0.15) is 0 Å². The molecule has 9 heteroatoms. The van der Waals surface area contributed by atoms with E-state index in [0.29, 0.717) is 25.1 Å². The van der Waals surface area contributed by atoms with Crippen molar-refractivity contribution in [3.05, 3.63) is 105 Å². The number of Topliss-reactive ketones (excluding diaryl/α,β-unsaturated/α-hetero) is 1. The van der Waals surface area contributed by atoms with Crippen LogP contribution < -0.4 is 10.6 Å². The minimum Gasteiger partial charge on any atom is -0.454 e. The number of amides is 1. The highest BCUT2D eigenvalue weighted by Crippen LogP contribution is 2.26. The first-order chi connectivity index (χ1) is 16.8. The summed E-state index contributed by atoms with van der Waals surface area (Å²) in [7, 11) is 0. The first-order valence-electron chi connectivity index (χ1n) is 10.9. The van der Waals surface area contributed by atoms with Crippen molar-refractivity contribution in [2.45, 2.75) is 19.9 Å². The Morgan fingerprint density at radius 2 is 1.60 bits per heavy atom. The maximum Gasteiger partial charge on any atom is 0.338 e. The second-order valence-electron chi connectivity index (χ2n) is 7.76. The second kappa shape index (κ2) is 12.1. The molecule has 35 heavy (non-hydrogen) atoms. The van der Waals surface area contributed by atoms with Crippen molar-refractivity contribution in [1.82, 2.24) is 5.32 Å². The van der Waals surface area contributed by atoms with E-state index < -0.39 is 23.3 Å². The number of esters is 1. The van der Waals surface area contributed by atoms with Crippen molar-refractivity contribution in [3.8, 4) is 0 Å². The van der Waals surface area contributed by atoms with Crippen LogP contribution in [-0.2, 0) is 22.5 Å². The molecule has 0 aliphatic carbocycles. The normalized spacial score (nSPS) is 10.3. The van der Waals surface area contributed by atoms with Gasteiger partial charge in [-0.3, -0.25) is 19.7 Å². The lowest BCUT2D eigenvalue weighted by atomic mass is 10.1. The highest BCUT2D eigenvalue weighted by molar-refractivity contribution is 5.99. The van der Waals surface area contributed by atoms with Crippen LogP contribution in [0.15, 0.2) is 72.8 Å². The number of nitrogens with zero attached hydrogens (tertiary/aromatic N) is 1. The molecule has 0 aromatic heterocycles. The van der Waals surface area contributed by atoms with E-state index >= 15 is 0 Å². The first kappa shape index (κ1) is 25.1. The number of carbonyl (C=O) groups is 3. The molecular weight excluding hydrogens is 450 g/mol. The largest absolute Gasteiger partial charge is 0.454 e. The summed E-state index contributed by atoms with van der Waals surface area (Å²) >= 11 is 0. The molecule has 0 radical (unpaired) electrons. The van der Waals surface area contributed by atoms with E-state index in [1.807, 2.05) is 30.3 Å². The molecule has 3 aromatic rings. The van der Waals surface area contributed by atoms with Crippen LogP contribution >= 0.6 is 0 Å². The Bertz CT molecular complexity index is 1210. The number of hydrogen-bond acceptors (Lipinski definition) is 7. The van der Waals surface area contributed by atoms with Gasteiger partial charge in [0.15, 0.2) is 12.4 Å². The van der Waals surface area contributed by atoms with E-state index in [4.69, 9.17) is 4.74 Å². The van der Waals surface area contributed by atoms with Gasteiger partial charge in [0.1, 0.15) is 5.69 Å². The van der Waals surface area contributed by atoms with E-state index in [9.17, 15) is 24.5 Å². The van der Waals surface area contributed by atoms with Crippen LogP contribution in [0.5, 0.6) is 0 Å². The number of ketones is 1. The quantitative estimate of drug-likeness (QED) is 0.186. The zero-order valence-electron chi connectivity index (χ0n) is 19.2. The highest BCUT2D eigenvalue weighted by Gasteiger charge is 2.19. The molecule has 0 aliphatic rings. The maximum atomic E-state index is 12.4. The summed E-state index contributed by atoms with van der Waals surface area (Å²) in [5.41, 5.74) is 2.24. The Morgan fingerprint density at radius 3 is 2.26 bits per heavy atom. The fraction of sp³-hybridized carbons (Fsp3) is 0.192. The van der Waals surface area contributed by atoms with Crippen molar-refractivity contribution in [2.75, 3.05) is 18.5 Å². The molecule has 2 N–H and O–H groups in total. The summed E-state index contributed by atoms with van der Waals surface area (Å²) < 4.78 is 5.09. The van der Waals surface area contributed by atoms with Crippen LogP contribution in [-0.4, -0.2) is 35.7 Å². The molecule has 0 saturated carbocycles. The molecule has 0 spiro atoms. The molecule has 0 aliphatic heterocycles. The molecule has 0 bridgehead atoms. The lowest BCUT2D eigenvalue weighted by molar-refractivity contribution is -0.384. The number of nitro groups is 1. The Kier molecular flexibility index (Phi) is 8.66. The summed E-state index contributed by atoms with van der Waals surface area (Å²) in [5.74, 6) is -1.34. The zero-order valence-corrected chi connectivity index (χ0v) is 19.2. The number of hydrogen-bond donors (Lipinski definition) is 2. The number of nitro benzene ring substituents is 1. The third-order valence-corrected chi connectivity index (χ3v) is 5.15. The van der Waals surface area contributed by atoms with Crippen molar-refractivity contribution in [1.29, 1.82) is 0 Å². The van der Waals surface area contributed by atoms with E-state index in [1.165, 1.54) is 19.1 Å². The molecule has 1 amide bonds. The molecule has 0 atom stereocenters. The molecule has 3 rings (SSSR count). The van der Waals surface area contributed by atoms with Gasteiger partial charge in [0.05, 0.1) is 10.5 Å². The van der Waals surface area contributed by atoms with Crippen molar-refractivity contribution in [3.63, 3.8) is 0 Å². The first-order valence-corrected chi connectivity index (χ1v) is 10.9. The molecule has 3 aromatic carbocycles. The van der Waals surface area contributed by atoms with Crippen LogP contribution in [0.3, 0.4) is 0 Å². The topological polar surface area (TPSA) is 128 Å². The maximum absolute atomic E-state index is 12.4. The van der Waals surface area contributed by atoms with Gasteiger partial charge in [0, 0.05) is 31.6 Å². The minimum atomic E-state index is -0.831. The van der Waals surface area contributed by atoms with Crippen molar-refractivity contribution < 1.29 is 24.0 Å². The standard InChI is InChI=1S/C26H25N3O6/c1-18(30)27-14-13-19-7-9-21(10-8-19)25(31)17-35-26(32)22-11-12-23(24(15-22)29(33)34)28-16-20-5-3-2-4-6-20/h2-12,15,28H,13-14,16-17H2,1H3,(H,27,30). The lowest BCUT2D eigenvalue weighted by Gasteiger charge is -2.09. The monoisotopic (exact) mass is 475 g/mol. The summed E-state index contributed by atoms with van der Waals surface area (Å²) in [6, 6.07) is 20.2. The molecule has 9 nitrogen and oxygen atoms in total. The van der Waals surface area contributed by atoms with Gasteiger partial charge in [-0.1, -0.05) is 54.6 Å². The summed E-state index contributed by atoms with van der Waals surface area (Å²) in [6.07, 6.45) is 0.623. The fourth-order valence-electron chi connectivity index (χ4n) is 3.29. The van der Waals surface area contributed by atoms with Gasteiger partial charge in [-0.25, -0.2) is 4.79 Å². The average Bonchev–Trinajstić information content (AvgIpc) is 2.86. The molecule has 0 saturated heterocycles. The van der Waals surface area contributed by atoms with Crippen LogP contribution in [0.4, 0.5) is 11.4 Å². The zero-order chi connectivity index (χ0) is 25.2. The SMILES string of the molecule is CC(=O)NCCc1ccc(C(=O)COC(=O)c2ccc(NCc3ccccc3)c([N+](=O)[O-])c2)cc1. The molecule has 180 valence electrons. The predicted molar refractivity (Wildman–Crippen MR) is 130 cm³/mol. The van der Waals surface area contributed by atoms with Gasteiger partial charge >= 0.3 is 5.97 Å². The van der Waals surface area contributed by atoms with Crippen LogP contribution in [0, 0.1) is 10.1 Å². The fourth-order valence-corrected chi connectivity index (χ4v) is 3.29. The highest BCUT2D eigenvalue weighted by atomic mass is 16.6. The molecule has 0 heterocycles. The van der Waals surface area contributed by atoms with E-state index in [-0.39, 0.29) is 22.8 Å². The Labute approximate surface area is 202 Å². The molecular formula is C26H25N3O6. The number of benzene rings is 3. The number of anilines is 1. The van der Waals surface area contributed by atoms with Crippen LogP contribution in [0.2, 0.25) is 0 Å². The number of nitrogens with one attached hydrogen (secondary N) is 2. The Balaban J connectivity index is 1.57. The van der Waals surface area contributed by atoms with E-state index in [2.05, 4.69) is 10.6 Å². The van der Waals surface area contributed by atoms with Crippen LogP contribution in [0.1, 0.15) is 38.8 Å². The summed E-state index contributed by atoms with van der Waals surface area (Å²) in [4.78, 5) is 46.7. The number of rotatable bonds is 11. The van der Waals surface area contributed by atoms with Crippen LogP contribution in [0.25, 0.3) is 0 Å². The van der Waals surface area contributed by atoms with Gasteiger partial charge in [-0.05, 0) is 29.7 Å². The summed E-state index contributed by atoms with van der Waals surface area (Å²) in [5, 5.41) is 17.2. The second-order valence-corrected chi connectivity index (χ2v) is 7.76. The lowest BCUT2D eigenvalue weighted by Crippen LogP contribution is -2.22. The number of carbonyl (C=O) groups excluding carboxylic acids is 3. The third kappa shape index (κ3) is 7.50. The molecule has 0 fully saturated rings. The minimum absolute atomic E-state index is 0.0249. The summed E-state index contributed by atoms with van der Waals surface area (Å²) in [6.45, 7) is 1.82. The van der Waals surface area contributed by atoms with Crippen molar-refractivity contribution in [2.24, 2.45) is 0 Å². The van der Waals surface area contributed by atoms with Gasteiger partial charge in [-0.15, -0.1) is 0 Å². The van der Waals surface area contributed by atoms with Crippen molar-refractivity contribution >= 4 is 29.0 Å². The third-order valence-electron chi connectivity index (χ3n) is 5.15.